The molecule has 0 saturated heterocycles. The van der Waals surface area contributed by atoms with Gasteiger partial charge in [-0.2, -0.15) is 13.2 Å². The molecule has 7 heteroatoms. The predicted molar refractivity (Wildman–Crippen MR) is 66.4 cm³/mol. The van der Waals surface area contributed by atoms with Crippen molar-refractivity contribution in [3.8, 4) is 0 Å². The van der Waals surface area contributed by atoms with Crippen molar-refractivity contribution in [2.24, 2.45) is 0 Å². The van der Waals surface area contributed by atoms with Crippen molar-refractivity contribution in [3.63, 3.8) is 0 Å². The lowest BCUT2D eigenvalue weighted by Gasteiger charge is -2.18. The van der Waals surface area contributed by atoms with Gasteiger partial charge < -0.3 is 10.2 Å². The number of hydrogen-bond donors (Lipinski definition) is 1. The van der Waals surface area contributed by atoms with Gasteiger partial charge >= 0.3 is 6.18 Å². The molecule has 1 aromatic carbocycles. The third-order valence-electron chi connectivity index (χ3n) is 2.71. The van der Waals surface area contributed by atoms with E-state index in [2.05, 4.69) is 5.32 Å². The second-order valence-electron chi connectivity index (χ2n) is 4.68. The minimum absolute atomic E-state index is 0.0262. The molecule has 0 bridgehead atoms. The van der Waals surface area contributed by atoms with Crippen molar-refractivity contribution in [1.82, 2.24) is 10.2 Å². The fourth-order valence-electron chi connectivity index (χ4n) is 1.66. The lowest BCUT2D eigenvalue weighted by Crippen LogP contribution is -2.41. The average Bonchev–Trinajstić information content (AvgIpc) is 2.33. The number of likely N-dealkylation sites (N-methyl/N-ethyl adjacent to an activating group) is 1. The highest BCUT2D eigenvalue weighted by Crippen LogP contribution is 2.30. The van der Waals surface area contributed by atoms with Crippen LogP contribution in [0.15, 0.2) is 18.2 Å². The Morgan fingerprint density at radius 1 is 1.30 bits per heavy atom. The lowest BCUT2D eigenvalue weighted by atomic mass is 10.1. The minimum Gasteiger partial charge on any atom is -0.347 e. The zero-order valence-corrected chi connectivity index (χ0v) is 11.4. The highest BCUT2D eigenvalue weighted by atomic mass is 19.4. The first-order valence-corrected chi connectivity index (χ1v) is 5.92. The zero-order chi connectivity index (χ0) is 15.5. The van der Waals surface area contributed by atoms with Crippen LogP contribution in [0.1, 0.15) is 18.1 Å². The third kappa shape index (κ3) is 4.48. The average molecular weight is 292 g/mol. The number of nitrogens with zero attached hydrogens (tertiary/aromatic N) is 1. The molecule has 0 aliphatic carbocycles. The second-order valence-corrected chi connectivity index (χ2v) is 4.68. The summed E-state index contributed by atoms with van der Waals surface area (Å²) in [4.78, 5) is 12.9. The summed E-state index contributed by atoms with van der Waals surface area (Å²) in [7, 11) is 3.15. The monoisotopic (exact) mass is 292 g/mol. The SMILES string of the molecule is CC(NCc1cc(F)cc(C(F)(F)F)c1)C(=O)N(C)C. The molecule has 0 radical (unpaired) electrons. The molecule has 0 aliphatic heterocycles. The van der Waals surface area contributed by atoms with Gasteiger partial charge in [0.25, 0.3) is 0 Å². The first-order chi connectivity index (χ1) is 9.11. The van der Waals surface area contributed by atoms with Crippen LogP contribution < -0.4 is 5.32 Å². The maximum Gasteiger partial charge on any atom is 0.416 e. The Balaban J connectivity index is 2.79. The van der Waals surface area contributed by atoms with Gasteiger partial charge in [0.15, 0.2) is 0 Å². The Morgan fingerprint density at radius 2 is 1.90 bits per heavy atom. The normalized spacial score (nSPS) is 13.2. The molecule has 3 nitrogen and oxygen atoms in total. The predicted octanol–water partition coefficient (Wildman–Crippen LogP) is 2.41. The topological polar surface area (TPSA) is 32.3 Å². The summed E-state index contributed by atoms with van der Waals surface area (Å²) in [5.74, 6) is -1.17. The van der Waals surface area contributed by atoms with Crippen LogP contribution in [0.25, 0.3) is 0 Å². The molecular formula is C13H16F4N2O. The van der Waals surface area contributed by atoms with Gasteiger partial charge in [-0.15, -0.1) is 0 Å². The lowest BCUT2D eigenvalue weighted by molar-refractivity contribution is -0.138. The van der Waals surface area contributed by atoms with Crippen LogP contribution in [0, 0.1) is 5.82 Å². The first-order valence-electron chi connectivity index (χ1n) is 5.92. The Bertz CT molecular complexity index is 486. The van der Waals surface area contributed by atoms with Crippen LogP contribution >= 0.6 is 0 Å². The van der Waals surface area contributed by atoms with E-state index in [-0.39, 0.29) is 18.0 Å². The van der Waals surface area contributed by atoms with E-state index >= 15 is 0 Å². The molecule has 0 aliphatic rings. The number of carbonyl (C=O) groups excluding carboxylic acids is 1. The summed E-state index contributed by atoms with van der Waals surface area (Å²) in [6, 6.07) is 1.75. The van der Waals surface area contributed by atoms with Crippen molar-refractivity contribution in [2.45, 2.75) is 25.7 Å². The van der Waals surface area contributed by atoms with Gasteiger partial charge in [-0.05, 0) is 30.7 Å². The number of benzene rings is 1. The molecule has 0 fully saturated rings. The molecule has 0 heterocycles. The quantitative estimate of drug-likeness (QED) is 0.864. The van der Waals surface area contributed by atoms with Crippen LogP contribution in [0.3, 0.4) is 0 Å². The standard InChI is InChI=1S/C13H16F4N2O/c1-8(12(20)19(2)3)18-7-9-4-10(13(15,16)17)6-11(14)5-9/h4-6,8,18H,7H2,1-3H3. The first kappa shape index (κ1) is 16.4. The van der Waals surface area contributed by atoms with Crippen molar-refractivity contribution < 1.29 is 22.4 Å². The van der Waals surface area contributed by atoms with E-state index < -0.39 is 23.6 Å². The molecule has 1 N–H and O–H groups in total. The Kier molecular flexibility index (Phi) is 5.10. The molecule has 0 saturated carbocycles. The zero-order valence-electron chi connectivity index (χ0n) is 11.4. The highest BCUT2D eigenvalue weighted by Gasteiger charge is 2.31. The van der Waals surface area contributed by atoms with Gasteiger partial charge in [0, 0.05) is 20.6 Å². The number of nitrogens with one attached hydrogen (secondary N) is 1. The largest absolute Gasteiger partial charge is 0.416 e. The molecule has 1 rings (SSSR count). The number of halogens is 4. The van der Waals surface area contributed by atoms with Crippen molar-refractivity contribution in [1.29, 1.82) is 0 Å². The highest BCUT2D eigenvalue weighted by molar-refractivity contribution is 5.80. The van der Waals surface area contributed by atoms with Gasteiger partial charge in [-0.3, -0.25) is 4.79 Å². The Labute approximate surface area is 114 Å². The fraction of sp³-hybridized carbons (Fsp3) is 0.462. The van der Waals surface area contributed by atoms with Crippen LogP contribution in [-0.2, 0) is 17.5 Å². The molecule has 1 aromatic rings. The van der Waals surface area contributed by atoms with E-state index in [4.69, 9.17) is 0 Å². The van der Waals surface area contributed by atoms with Gasteiger partial charge in [0.2, 0.25) is 5.91 Å². The molecule has 1 amide bonds. The summed E-state index contributed by atoms with van der Waals surface area (Å²) in [6.45, 7) is 1.56. The number of hydrogen-bond acceptors (Lipinski definition) is 2. The molecule has 1 unspecified atom stereocenters. The van der Waals surface area contributed by atoms with Crippen LogP contribution in [0.4, 0.5) is 17.6 Å². The van der Waals surface area contributed by atoms with Crippen molar-refractivity contribution in [2.75, 3.05) is 14.1 Å². The molecule has 1 atom stereocenters. The molecule has 0 spiro atoms. The van der Waals surface area contributed by atoms with E-state index in [0.29, 0.717) is 6.07 Å². The van der Waals surface area contributed by atoms with Crippen molar-refractivity contribution in [3.05, 3.63) is 35.1 Å². The van der Waals surface area contributed by atoms with Crippen molar-refractivity contribution >= 4 is 5.91 Å². The maximum absolute atomic E-state index is 13.2. The fourth-order valence-corrected chi connectivity index (χ4v) is 1.66. The second kappa shape index (κ2) is 6.21. The van der Waals surface area contributed by atoms with Gasteiger partial charge in [0.05, 0.1) is 11.6 Å². The van der Waals surface area contributed by atoms with Gasteiger partial charge in [0.1, 0.15) is 5.82 Å². The molecule has 112 valence electrons. The van der Waals surface area contributed by atoms with Crippen LogP contribution in [0.5, 0.6) is 0 Å². The smallest absolute Gasteiger partial charge is 0.347 e. The minimum atomic E-state index is -4.60. The molecule has 0 aromatic heterocycles. The summed E-state index contributed by atoms with van der Waals surface area (Å²) in [6.07, 6.45) is -4.60. The summed E-state index contributed by atoms with van der Waals surface area (Å²) >= 11 is 0. The molecule has 20 heavy (non-hydrogen) atoms. The van der Waals surface area contributed by atoms with E-state index in [9.17, 15) is 22.4 Å². The number of carbonyl (C=O) groups is 1. The Hall–Kier alpha value is -1.63. The van der Waals surface area contributed by atoms with Gasteiger partial charge in [-0.25, -0.2) is 4.39 Å². The maximum atomic E-state index is 13.2. The van der Waals surface area contributed by atoms with E-state index in [1.165, 1.54) is 4.90 Å². The van der Waals surface area contributed by atoms with Crippen LogP contribution in [0.2, 0.25) is 0 Å². The number of amides is 1. The number of rotatable bonds is 4. The van der Waals surface area contributed by atoms with E-state index in [1.54, 1.807) is 21.0 Å². The summed E-state index contributed by atoms with van der Waals surface area (Å²) < 4.78 is 50.8. The number of alkyl halides is 3. The van der Waals surface area contributed by atoms with Gasteiger partial charge in [-0.1, -0.05) is 0 Å². The van der Waals surface area contributed by atoms with E-state index in [0.717, 1.165) is 12.1 Å². The van der Waals surface area contributed by atoms with Crippen LogP contribution in [-0.4, -0.2) is 30.9 Å². The van der Waals surface area contributed by atoms with E-state index in [1.807, 2.05) is 0 Å². The molecular weight excluding hydrogens is 276 g/mol. The summed E-state index contributed by atoms with van der Waals surface area (Å²) in [5, 5.41) is 2.76. The Morgan fingerprint density at radius 3 is 2.40 bits per heavy atom. The summed E-state index contributed by atoms with van der Waals surface area (Å²) in [5.41, 5.74) is -0.906. The third-order valence-corrected chi connectivity index (χ3v) is 2.71.